The molecule has 11 nitrogen and oxygen atoms in total. The number of sulfonamides is 1. The molecule has 45 heavy (non-hydrogen) atoms. The zero-order valence-corrected chi connectivity index (χ0v) is 24.9. The lowest BCUT2D eigenvalue weighted by molar-refractivity contribution is -0.115. The van der Waals surface area contributed by atoms with Crippen LogP contribution in [0.15, 0.2) is 96.0 Å². The van der Waals surface area contributed by atoms with E-state index >= 15 is 0 Å². The lowest BCUT2D eigenvalue weighted by atomic mass is 9.94. The number of para-hydroxylation sites is 1. The first kappa shape index (κ1) is 31.2. The van der Waals surface area contributed by atoms with Gasteiger partial charge in [-0.25, -0.2) is 22.9 Å². The van der Waals surface area contributed by atoms with Crippen molar-refractivity contribution in [3.8, 4) is 23.4 Å². The van der Waals surface area contributed by atoms with Gasteiger partial charge in [-0.05, 0) is 85.8 Å². The molecule has 1 heterocycles. The van der Waals surface area contributed by atoms with E-state index in [1.165, 1.54) is 30.5 Å². The normalized spacial score (nSPS) is 16.2. The number of ether oxygens (including phenoxy) is 2. The van der Waals surface area contributed by atoms with Gasteiger partial charge < -0.3 is 19.9 Å². The second-order valence-electron chi connectivity index (χ2n) is 10.5. The Morgan fingerprint density at radius 2 is 1.67 bits per heavy atom. The molecule has 5 rings (SSSR count). The van der Waals surface area contributed by atoms with Gasteiger partial charge in [-0.15, -0.1) is 0 Å². The summed E-state index contributed by atoms with van der Waals surface area (Å²) in [5, 5.41) is 21.0. The van der Waals surface area contributed by atoms with Gasteiger partial charge >= 0.3 is 5.97 Å². The highest BCUT2D eigenvalue weighted by atomic mass is 32.2. The maximum Gasteiger partial charge on any atom is 0.337 e. The Balaban J connectivity index is 1.07. The molecule has 1 amide bonds. The second-order valence-corrected chi connectivity index (χ2v) is 12.2. The van der Waals surface area contributed by atoms with Crippen molar-refractivity contribution in [2.75, 3.05) is 5.32 Å². The van der Waals surface area contributed by atoms with Crippen molar-refractivity contribution in [3.05, 3.63) is 108 Å². The van der Waals surface area contributed by atoms with E-state index in [1.54, 1.807) is 60.7 Å². The van der Waals surface area contributed by atoms with E-state index < -0.39 is 16.0 Å². The number of amides is 1. The van der Waals surface area contributed by atoms with E-state index in [1.807, 2.05) is 6.07 Å². The van der Waals surface area contributed by atoms with Gasteiger partial charge in [0.1, 0.15) is 11.5 Å². The number of carbonyl (C=O) groups is 2. The summed E-state index contributed by atoms with van der Waals surface area (Å²) in [7, 11) is -3.72. The van der Waals surface area contributed by atoms with Crippen molar-refractivity contribution in [1.29, 1.82) is 5.26 Å². The summed E-state index contributed by atoms with van der Waals surface area (Å²) in [4.78, 5) is 28.1. The molecule has 4 aromatic rings. The highest BCUT2D eigenvalue weighted by molar-refractivity contribution is 7.89. The largest absolute Gasteiger partial charge is 0.490 e. The van der Waals surface area contributed by atoms with Crippen molar-refractivity contribution in [3.63, 3.8) is 0 Å². The average molecular weight is 627 g/mol. The molecular weight excluding hydrogens is 596 g/mol. The summed E-state index contributed by atoms with van der Waals surface area (Å²) in [5.74, 6) is 0.0551. The van der Waals surface area contributed by atoms with Gasteiger partial charge in [-0.2, -0.15) is 5.26 Å². The number of carboxylic acid groups (broad SMARTS) is 1. The maximum absolute atomic E-state index is 12.8. The van der Waals surface area contributed by atoms with Crippen molar-refractivity contribution < 1.29 is 32.6 Å². The first-order chi connectivity index (χ1) is 21.7. The minimum Gasteiger partial charge on any atom is -0.490 e. The van der Waals surface area contributed by atoms with Crippen LogP contribution in [0.4, 0.5) is 5.69 Å². The molecule has 0 unspecified atom stereocenters. The van der Waals surface area contributed by atoms with E-state index in [4.69, 9.17) is 14.7 Å². The van der Waals surface area contributed by atoms with Crippen LogP contribution in [0.1, 0.15) is 47.2 Å². The van der Waals surface area contributed by atoms with E-state index in [0.717, 1.165) is 0 Å². The number of pyridine rings is 1. The van der Waals surface area contributed by atoms with Crippen LogP contribution in [0.5, 0.6) is 17.4 Å². The smallest absolute Gasteiger partial charge is 0.337 e. The molecule has 0 spiro atoms. The SMILES string of the molecule is N#Cc1cccc(S(=O)(=O)NC2CCC(Oc3ccc(Oc4ccc(CC(=O)Nc5ccccc5C(=O)O)cn4)cc3)CC2)c1. The maximum atomic E-state index is 12.8. The molecule has 3 N–H and O–H groups in total. The van der Waals surface area contributed by atoms with E-state index in [2.05, 4.69) is 15.0 Å². The molecule has 0 atom stereocenters. The number of aromatic nitrogens is 1. The summed E-state index contributed by atoms with van der Waals surface area (Å²) in [6.45, 7) is 0. The number of aromatic carboxylic acids is 1. The lowest BCUT2D eigenvalue weighted by Crippen LogP contribution is -2.39. The van der Waals surface area contributed by atoms with Crippen molar-refractivity contribution in [2.24, 2.45) is 0 Å². The van der Waals surface area contributed by atoms with Crippen LogP contribution in [-0.4, -0.2) is 42.5 Å². The summed E-state index contributed by atoms with van der Waals surface area (Å²) in [6, 6.07) is 24.4. The number of rotatable bonds is 11. The van der Waals surface area contributed by atoms with Crippen LogP contribution in [0.25, 0.3) is 0 Å². The number of hydrogen-bond donors (Lipinski definition) is 3. The Hall–Kier alpha value is -5.25. The van der Waals surface area contributed by atoms with Gasteiger partial charge in [0.05, 0.1) is 40.3 Å². The highest BCUT2D eigenvalue weighted by Gasteiger charge is 2.27. The zero-order chi connectivity index (χ0) is 31.8. The third kappa shape index (κ3) is 8.44. The van der Waals surface area contributed by atoms with Crippen LogP contribution in [0, 0.1) is 11.3 Å². The Bertz CT molecular complexity index is 1810. The fourth-order valence-corrected chi connectivity index (χ4v) is 6.30. The Labute approximate surface area is 260 Å². The minimum absolute atomic E-state index is 0.0112. The number of benzene rings is 3. The van der Waals surface area contributed by atoms with Gasteiger partial charge in [0.15, 0.2) is 0 Å². The molecule has 3 aromatic carbocycles. The monoisotopic (exact) mass is 626 g/mol. The predicted octanol–water partition coefficient (Wildman–Crippen LogP) is 5.29. The molecule has 1 aliphatic rings. The van der Waals surface area contributed by atoms with Crippen LogP contribution >= 0.6 is 0 Å². The number of nitrogens with zero attached hydrogens (tertiary/aromatic N) is 2. The Morgan fingerprint density at radius 3 is 2.36 bits per heavy atom. The molecule has 230 valence electrons. The molecule has 1 saturated carbocycles. The van der Waals surface area contributed by atoms with Crippen LogP contribution in [0.2, 0.25) is 0 Å². The highest BCUT2D eigenvalue weighted by Crippen LogP contribution is 2.28. The third-order valence-electron chi connectivity index (χ3n) is 7.21. The summed E-state index contributed by atoms with van der Waals surface area (Å²) >= 11 is 0. The molecule has 0 bridgehead atoms. The number of carbonyl (C=O) groups excluding carboxylic acids is 1. The van der Waals surface area contributed by atoms with Gasteiger partial charge in [0.2, 0.25) is 21.8 Å². The average Bonchev–Trinajstić information content (AvgIpc) is 3.04. The molecule has 1 aromatic heterocycles. The number of nitriles is 1. The van der Waals surface area contributed by atoms with Gasteiger partial charge in [-0.3, -0.25) is 4.79 Å². The molecule has 0 saturated heterocycles. The molecule has 1 aliphatic carbocycles. The van der Waals surface area contributed by atoms with Crippen LogP contribution in [0.3, 0.4) is 0 Å². The summed E-state index contributed by atoms with van der Waals surface area (Å²) in [6.07, 6.45) is 4.11. The number of nitrogens with one attached hydrogen (secondary N) is 2. The third-order valence-corrected chi connectivity index (χ3v) is 8.73. The van der Waals surface area contributed by atoms with Crippen LogP contribution in [-0.2, 0) is 21.2 Å². The number of carboxylic acids is 1. The molecular formula is C33H30N4O7S. The van der Waals surface area contributed by atoms with E-state index in [-0.39, 0.29) is 40.6 Å². The summed E-state index contributed by atoms with van der Waals surface area (Å²) in [5.41, 5.74) is 1.16. The van der Waals surface area contributed by atoms with Gasteiger partial charge in [0, 0.05) is 18.3 Å². The van der Waals surface area contributed by atoms with Crippen molar-refractivity contribution in [1.82, 2.24) is 9.71 Å². The lowest BCUT2D eigenvalue weighted by Gasteiger charge is -2.29. The molecule has 12 heteroatoms. The van der Waals surface area contributed by atoms with Crippen molar-refractivity contribution in [2.45, 2.75) is 49.1 Å². The molecule has 0 radical (unpaired) electrons. The van der Waals surface area contributed by atoms with E-state index in [9.17, 15) is 23.1 Å². The van der Waals surface area contributed by atoms with Crippen LogP contribution < -0.4 is 19.5 Å². The number of hydrogen-bond acceptors (Lipinski definition) is 8. The molecule has 0 aliphatic heterocycles. The zero-order valence-electron chi connectivity index (χ0n) is 24.0. The predicted molar refractivity (Wildman–Crippen MR) is 165 cm³/mol. The van der Waals surface area contributed by atoms with Gasteiger partial charge in [-0.1, -0.05) is 24.3 Å². The quantitative estimate of drug-likeness (QED) is 0.200. The second kappa shape index (κ2) is 14.0. The Kier molecular flexibility index (Phi) is 9.72. The van der Waals surface area contributed by atoms with Gasteiger partial charge in [0.25, 0.3) is 0 Å². The fourth-order valence-electron chi connectivity index (χ4n) is 4.95. The summed E-state index contributed by atoms with van der Waals surface area (Å²) < 4.78 is 40.2. The minimum atomic E-state index is -3.72. The standard InChI is InChI=1S/C33H30N4O7S/c34-20-22-4-3-5-28(18-22)45(41,42)37-24-9-11-25(12-10-24)43-26-13-15-27(16-14-26)44-32-17-8-23(21-35-32)19-31(38)36-30-7-2-1-6-29(30)33(39)40/h1-8,13-18,21,24-25,37H,9-12,19H2,(H,36,38)(H,39,40). The van der Waals surface area contributed by atoms with Crippen molar-refractivity contribution >= 4 is 27.6 Å². The first-order valence-electron chi connectivity index (χ1n) is 14.2. The molecule has 1 fully saturated rings. The fraction of sp³-hybridized carbons (Fsp3) is 0.212. The Morgan fingerprint density at radius 1 is 0.933 bits per heavy atom. The first-order valence-corrected chi connectivity index (χ1v) is 15.7. The van der Waals surface area contributed by atoms with E-state index in [0.29, 0.717) is 54.2 Å². The topological polar surface area (TPSA) is 168 Å². The number of anilines is 1.